The normalized spacial score (nSPS) is 10.8. The lowest BCUT2D eigenvalue weighted by Crippen LogP contribution is -2.29. The van der Waals surface area contributed by atoms with Gasteiger partial charge in [-0.1, -0.05) is 0 Å². The van der Waals surface area contributed by atoms with Gasteiger partial charge in [-0.2, -0.15) is 5.10 Å². The van der Waals surface area contributed by atoms with E-state index in [0.29, 0.717) is 28.5 Å². The van der Waals surface area contributed by atoms with Gasteiger partial charge < -0.3 is 15.4 Å². The lowest BCUT2D eigenvalue weighted by atomic mass is 10.2. The molecule has 0 aliphatic heterocycles. The van der Waals surface area contributed by atoms with Crippen molar-refractivity contribution in [2.45, 2.75) is 0 Å². The van der Waals surface area contributed by atoms with E-state index in [0.717, 1.165) is 5.39 Å². The number of methoxy groups -OCH3 is 1. The minimum atomic E-state index is -0.118. The number of likely N-dealkylation sites (N-methyl/N-ethyl adjacent to an activating group) is 1. The number of carbonyl (C=O) groups excluding carboxylic acids is 1. The number of nitrogens with two attached hydrogens (primary N) is 1. The number of nitrogens with zero attached hydrogens (tertiary/aromatic N) is 3. The second-order valence-electron chi connectivity index (χ2n) is 3.81. The molecule has 0 saturated heterocycles. The molecule has 0 saturated carbocycles. The van der Waals surface area contributed by atoms with Gasteiger partial charge in [0, 0.05) is 26.1 Å². The average molecular weight is 266 g/mol. The Bertz CT molecular complexity index is 569. The molecule has 0 spiro atoms. The van der Waals surface area contributed by atoms with Gasteiger partial charge in [-0.3, -0.25) is 4.79 Å². The molecule has 2 rings (SSSR count). The number of nitrogen functional groups attached to an aromatic ring is 1. The largest absolute Gasteiger partial charge is 0.397 e. The van der Waals surface area contributed by atoms with Gasteiger partial charge in [0.15, 0.2) is 0 Å². The number of amides is 1. The molecule has 0 aliphatic carbocycles. The summed E-state index contributed by atoms with van der Waals surface area (Å²) in [5, 5.41) is 8.52. The molecular formula is C11H14N4O2S. The second-order valence-corrected chi connectivity index (χ2v) is 4.81. The molecule has 2 aromatic rings. The maximum Gasteiger partial charge on any atom is 0.265 e. The van der Waals surface area contributed by atoms with Crippen molar-refractivity contribution in [3.63, 3.8) is 0 Å². The van der Waals surface area contributed by atoms with Crippen LogP contribution in [0.3, 0.4) is 0 Å². The third-order valence-electron chi connectivity index (χ3n) is 2.59. The Kier molecular flexibility index (Phi) is 3.73. The van der Waals surface area contributed by atoms with Gasteiger partial charge in [0.05, 0.1) is 18.5 Å². The second kappa shape index (κ2) is 5.28. The van der Waals surface area contributed by atoms with Crippen LogP contribution in [0.2, 0.25) is 0 Å². The quantitative estimate of drug-likeness (QED) is 0.892. The molecule has 6 nitrogen and oxygen atoms in total. The molecule has 0 radical (unpaired) electrons. The average Bonchev–Trinajstić information content (AvgIpc) is 2.73. The van der Waals surface area contributed by atoms with Crippen LogP contribution in [0.15, 0.2) is 12.3 Å². The smallest absolute Gasteiger partial charge is 0.265 e. The number of fused-ring (bicyclic) bond motifs is 1. The minimum absolute atomic E-state index is 0.118. The molecule has 18 heavy (non-hydrogen) atoms. The molecule has 2 N–H and O–H groups in total. The van der Waals surface area contributed by atoms with E-state index >= 15 is 0 Å². The van der Waals surface area contributed by atoms with Crippen molar-refractivity contribution in [1.29, 1.82) is 0 Å². The lowest BCUT2D eigenvalue weighted by Gasteiger charge is -2.15. The van der Waals surface area contributed by atoms with Gasteiger partial charge in [0.25, 0.3) is 5.91 Å². The van der Waals surface area contributed by atoms with Crippen molar-refractivity contribution in [1.82, 2.24) is 15.1 Å². The molecule has 2 aromatic heterocycles. The SMILES string of the molecule is COCCN(C)C(=O)c1sc2nnccc2c1N. The van der Waals surface area contributed by atoms with Gasteiger partial charge in [0.1, 0.15) is 9.71 Å². The number of rotatable bonds is 4. The van der Waals surface area contributed by atoms with Crippen LogP contribution < -0.4 is 5.73 Å². The molecule has 2 heterocycles. The van der Waals surface area contributed by atoms with E-state index in [2.05, 4.69) is 10.2 Å². The van der Waals surface area contributed by atoms with E-state index in [1.807, 2.05) is 0 Å². The summed E-state index contributed by atoms with van der Waals surface area (Å²) >= 11 is 1.26. The first-order valence-corrected chi connectivity index (χ1v) is 6.21. The highest BCUT2D eigenvalue weighted by atomic mass is 32.1. The number of anilines is 1. The summed E-state index contributed by atoms with van der Waals surface area (Å²) in [6, 6.07) is 1.76. The first-order valence-electron chi connectivity index (χ1n) is 5.39. The van der Waals surface area contributed by atoms with E-state index in [-0.39, 0.29) is 5.91 Å². The van der Waals surface area contributed by atoms with Crippen LogP contribution in [0.5, 0.6) is 0 Å². The fraction of sp³-hybridized carbons (Fsp3) is 0.364. The highest BCUT2D eigenvalue weighted by Crippen LogP contribution is 2.32. The molecule has 7 heteroatoms. The van der Waals surface area contributed by atoms with Gasteiger partial charge >= 0.3 is 0 Å². The number of carbonyl (C=O) groups is 1. The van der Waals surface area contributed by atoms with E-state index < -0.39 is 0 Å². The van der Waals surface area contributed by atoms with Crippen LogP contribution >= 0.6 is 11.3 Å². The third kappa shape index (κ3) is 2.27. The molecule has 0 aromatic carbocycles. The van der Waals surface area contributed by atoms with Crippen LogP contribution in [0, 0.1) is 0 Å². The molecule has 1 amide bonds. The van der Waals surface area contributed by atoms with E-state index in [4.69, 9.17) is 10.5 Å². The molecule has 0 unspecified atom stereocenters. The van der Waals surface area contributed by atoms with Gasteiger partial charge in [-0.25, -0.2) is 0 Å². The van der Waals surface area contributed by atoms with Gasteiger partial charge in [0.2, 0.25) is 0 Å². The first kappa shape index (κ1) is 12.7. The molecule has 96 valence electrons. The zero-order chi connectivity index (χ0) is 13.1. The van der Waals surface area contributed by atoms with Gasteiger partial charge in [-0.05, 0) is 6.07 Å². The Labute approximate surface area is 108 Å². The summed E-state index contributed by atoms with van der Waals surface area (Å²) in [5.41, 5.74) is 6.44. The van der Waals surface area contributed by atoms with Crippen molar-refractivity contribution >= 4 is 33.1 Å². The summed E-state index contributed by atoms with van der Waals surface area (Å²) in [4.78, 5) is 15.0. The maximum atomic E-state index is 12.2. The summed E-state index contributed by atoms with van der Waals surface area (Å²) in [6.07, 6.45) is 1.56. The zero-order valence-corrected chi connectivity index (χ0v) is 11.0. The van der Waals surface area contributed by atoms with Crippen LogP contribution in [0.4, 0.5) is 5.69 Å². The van der Waals surface area contributed by atoms with E-state index in [9.17, 15) is 4.79 Å². The van der Waals surface area contributed by atoms with Crippen LogP contribution in [0.25, 0.3) is 10.2 Å². The van der Waals surface area contributed by atoms with Crippen molar-refractivity contribution in [3.8, 4) is 0 Å². The fourth-order valence-electron chi connectivity index (χ4n) is 1.54. The number of aromatic nitrogens is 2. The summed E-state index contributed by atoms with van der Waals surface area (Å²) in [5.74, 6) is -0.118. The summed E-state index contributed by atoms with van der Waals surface area (Å²) < 4.78 is 4.94. The molecule has 0 aliphatic rings. The number of thiophene rings is 1. The number of hydrogen-bond acceptors (Lipinski definition) is 6. The summed E-state index contributed by atoms with van der Waals surface area (Å²) in [6.45, 7) is 1.02. The van der Waals surface area contributed by atoms with Gasteiger partial charge in [-0.15, -0.1) is 16.4 Å². The number of ether oxygens (including phenoxy) is 1. The summed E-state index contributed by atoms with van der Waals surface area (Å²) in [7, 11) is 3.32. The van der Waals surface area contributed by atoms with Crippen LogP contribution in [0.1, 0.15) is 9.67 Å². The predicted octanol–water partition coefficient (Wildman–Crippen LogP) is 0.992. The van der Waals surface area contributed by atoms with Crippen molar-refractivity contribution in [3.05, 3.63) is 17.1 Å². The van der Waals surface area contributed by atoms with Crippen molar-refractivity contribution in [2.75, 3.05) is 33.0 Å². The highest BCUT2D eigenvalue weighted by Gasteiger charge is 2.20. The third-order valence-corrected chi connectivity index (χ3v) is 3.69. The number of hydrogen-bond donors (Lipinski definition) is 1. The Hall–Kier alpha value is -1.73. The Morgan fingerprint density at radius 1 is 1.61 bits per heavy atom. The minimum Gasteiger partial charge on any atom is -0.397 e. The monoisotopic (exact) mass is 266 g/mol. The highest BCUT2D eigenvalue weighted by molar-refractivity contribution is 7.21. The maximum absolute atomic E-state index is 12.2. The standard InChI is InChI=1S/C11H14N4O2S/c1-15(5-6-17-2)11(16)9-8(12)7-3-4-13-14-10(7)18-9/h3-4H,5-6,12H2,1-2H3. The van der Waals surface area contributed by atoms with E-state index in [1.165, 1.54) is 11.3 Å². The van der Waals surface area contributed by atoms with Crippen LogP contribution in [-0.2, 0) is 4.74 Å². The van der Waals surface area contributed by atoms with Crippen molar-refractivity contribution < 1.29 is 9.53 Å². The van der Waals surface area contributed by atoms with Crippen molar-refractivity contribution in [2.24, 2.45) is 0 Å². The fourth-order valence-corrected chi connectivity index (χ4v) is 2.57. The first-order chi connectivity index (χ1) is 8.65. The molecule has 0 fully saturated rings. The topological polar surface area (TPSA) is 81.3 Å². The lowest BCUT2D eigenvalue weighted by molar-refractivity contribution is 0.0750. The Morgan fingerprint density at radius 2 is 2.39 bits per heavy atom. The molecule has 0 atom stereocenters. The van der Waals surface area contributed by atoms with Crippen LogP contribution in [-0.4, -0.2) is 48.3 Å². The Balaban J connectivity index is 2.30. The molecule has 0 bridgehead atoms. The molecular weight excluding hydrogens is 252 g/mol. The zero-order valence-electron chi connectivity index (χ0n) is 10.2. The predicted molar refractivity (Wildman–Crippen MR) is 70.7 cm³/mol. The Morgan fingerprint density at radius 3 is 3.06 bits per heavy atom. The van der Waals surface area contributed by atoms with E-state index in [1.54, 1.807) is 31.3 Å².